The molecule has 0 saturated carbocycles. The van der Waals surface area contributed by atoms with Gasteiger partial charge in [0.15, 0.2) is 5.82 Å². The summed E-state index contributed by atoms with van der Waals surface area (Å²) < 4.78 is 1.68. The largest absolute Gasteiger partial charge is 0.394 e. The van der Waals surface area contributed by atoms with Crippen LogP contribution in [-0.2, 0) is 6.54 Å². The summed E-state index contributed by atoms with van der Waals surface area (Å²) in [6, 6.07) is 1.88. The molecular formula is C13H14N6O. The maximum Gasteiger partial charge on any atom is 0.154 e. The van der Waals surface area contributed by atoms with E-state index in [0.29, 0.717) is 12.4 Å². The maximum absolute atomic E-state index is 8.92. The van der Waals surface area contributed by atoms with Gasteiger partial charge in [-0.15, -0.1) is 0 Å². The highest BCUT2D eigenvalue weighted by atomic mass is 16.3. The van der Waals surface area contributed by atoms with Crippen molar-refractivity contribution < 1.29 is 5.11 Å². The van der Waals surface area contributed by atoms with Crippen LogP contribution in [0.1, 0.15) is 0 Å². The Balaban J connectivity index is 2.10. The Kier molecular flexibility index (Phi) is 3.26. The molecule has 0 bridgehead atoms. The van der Waals surface area contributed by atoms with Crippen molar-refractivity contribution in [2.45, 2.75) is 6.54 Å². The molecule has 0 unspecified atom stereocenters. The number of aromatic nitrogens is 5. The van der Waals surface area contributed by atoms with E-state index in [1.54, 1.807) is 30.3 Å². The fourth-order valence-electron chi connectivity index (χ4n) is 2.01. The molecule has 0 atom stereocenters. The minimum absolute atomic E-state index is 0.0551. The molecule has 3 rings (SSSR count). The van der Waals surface area contributed by atoms with Gasteiger partial charge in [-0.2, -0.15) is 5.10 Å². The first kappa shape index (κ1) is 12.5. The van der Waals surface area contributed by atoms with E-state index < -0.39 is 0 Å². The smallest absolute Gasteiger partial charge is 0.154 e. The van der Waals surface area contributed by atoms with Crippen LogP contribution in [0.5, 0.6) is 0 Å². The topological polar surface area (TPSA) is 88.8 Å². The summed E-state index contributed by atoms with van der Waals surface area (Å²) in [7, 11) is 1.80. The molecule has 0 saturated heterocycles. The van der Waals surface area contributed by atoms with Crippen molar-refractivity contribution in [3.63, 3.8) is 0 Å². The van der Waals surface area contributed by atoms with Gasteiger partial charge in [0.05, 0.1) is 30.6 Å². The monoisotopic (exact) mass is 270 g/mol. The lowest BCUT2D eigenvalue weighted by atomic mass is 10.2. The zero-order valence-electron chi connectivity index (χ0n) is 11.0. The Hall–Kier alpha value is -2.54. The van der Waals surface area contributed by atoms with Gasteiger partial charge in [-0.3, -0.25) is 9.67 Å². The first-order chi connectivity index (χ1) is 9.81. The minimum Gasteiger partial charge on any atom is -0.394 e. The third-order valence-corrected chi connectivity index (χ3v) is 2.95. The number of aliphatic hydroxyl groups is 1. The minimum atomic E-state index is 0.0551. The average Bonchev–Trinajstić information content (AvgIpc) is 2.95. The highest BCUT2D eigenvalue weighted by Crippen LogP contribution is 2.24. The third kappa shape index (κ3) is 2.19. The number of hydrogen-bond acceptors (Lipinski definition) is 6. The van der Waals surface area contributed by atoms with E-state index in [2.05, 4.69) is 25.4 Å². The molecule has 0 spiro atoms. The van der Waals surface area contributed by atoms with Crippen LogP contribution in [0.3, 0.4) is 0 Å². The lowest BCUT2D eigenvalue weighted by Gasteiger charge is -2.06. The molecule has 102 valence electrons. The number of rotatable bonds is 4. The van der Waals surface area contributed by atoms with Crippen molar-refractivity contribution in [3.05, 3.63) is 30.9 Å². The molecule has 0 aliphatic carbocycles. The lowest BCUT2D eigenvalue weighted by molar-refractivity contribution is 0.269. The summed E-state index contributed by atoms with van der Waals surface area (Å²) in [5.41, 5.74) is 3.16. The van der Waals surface area contributed by atoms with E-state index in [1.807, 2.05) is 12.3 Å². The molecule has 0 amide bonds. The van der Waals surface area contributed by atoms with Gasteiger partial charge in [-0.25, -0.2) is 9.97 Å². The molecule has 0 aromatic carbocycles. The van der Waals surface area contributed by atoms with E-state index in [4.69, 9.17) is 5.11 Å². The predicted molar refractivity (Wildman–Crippen MR) is 75.2 cm³/mol. The number of nitrogens with one attached hydrogen (secondary N) is 1. The standard InChI is InChI=1S/C13H14N6O/c1-14-13-12-11(15-2-3-16-12)6-10(18-13)9-7-17-19(8-9)4-5-20/h2-3,6-8,20H,4-5H2,1H3,(H,14,18). The molecular weight excluding hydrogens is 256 g/mol. The number of aliphatic hydroxyl groups excluding tert-OH is 1. The van der Waals surface area contributed by atoms with Crippen LogP contribution in [0, 0.1) is 0 Å². The summed E-state index contributed by atoms with van der Waals surface area (Å²) in [5, 5.41) is 16.1. The molecule has 3 heterocycles. The Morgan fingerprint density at radius 1 is 1.30 bits per heavy atom. The van der Waals surface area contributed by atoms with Gasteiger partial charge in [0, 0.05) is 31.2 Å². The van der Waals surface area contributed by atoms with Gasteiger partial charge in [0.2, 0.25) is 0 Å². The second-order valence-corrected chi connectivity index (χ2v) is 4.25. The number of nitrogens with zero attached hydrogens (tertiary/aromatic N) is 5. The van der Waals surface area contributed by atoms with Crippen LogP contribution in [-0.4, -0.2) is 43.5 Å². The summed E-state index contributed by atoms with van der Waals surface area (Å²) in [6.07, 6.45) is 6.87. The Morgan fingerprint density at radius 3 is 2.95 bits per heavy atom. The maximum atomic E-state index is 8.92. The van der Waals surface area contributed by atoms with Crippen molar-refractivity contribution in [1.29, 1.82) is 0 Å². The SMILES string of the molecule is CNc1nc(-c2cnn(CCO)c2)cc2nccnc12. The molecule has 7 heteroatoms. The number of pyridine rings is 1. The predicted octanol–water partition coefficient (Wildman–Crippen LogP) is 0.922. The average molecular weight is 270 g/mol. The Bertz CT molecular complexity index is 739. The van der Waals surface area contributed by atoms with Gasteiger partial charge in [-0.1, -0.05) is 0 Å². The van der Waals surface area contributed by atoms with Crippen LogP contribution < -0.4 is 5.32 Å². The number of hydrogen-bond donors (Lipinski definition) is 2. The van der Waals surface area contributed by atoms with Gasteiger partial charge < -0.3 is 10.4 Å². The van der Waals surface area contributed by atoms with Crippen LogP contribution in [0.25, 0.3) is 22.3 Å². The molecule has 0 radical (unpaired) electrons. The van der Waals surface area contributed by atoms with Crippen LogP contribution in [0.2, 0.25) is 0 Å². The van der Waals surface area contributed by atoms with Crippen molar-refractivity contribution in [2.24, 2.45) is 0 Å². The molecule has 0 aliphatic rings. The Morgan fingerprint density at radius 2 is 2.15 bits per heavy atom. The Labute approximate surface area is 115 Å². The summed E-state index contributed by atoms with van der Waals surface area (Å²) >= 11 is 0. The van der Waals surface area contributed by atoms with Crippen molar-refractivity contribution in [3.8, 4) is 11.3 Å². The van der Waals surface area contributed by atoms with Crippen molar-refractivity contribution >= 4 is 16.9 Å². The van der Waals surface area contributed by atoms with Crippen LogP contribution in [0.15, 0.2) is 30.9 Å². The fraction of sp³-hybridized carbons (Fsp3) is 0.231. The van der Waals surface area contributed by atoms with E-state index in [1.165, 1.54) is 0 Å². The van der Waals surface area contributed by atoms with Gasteiger partial charge in [0.1, 0.15) is 5.52 Å². The highest BCUT2D eigenvalue weighted by Gasteiger charge is 2.10. The first-order valence-corrected chi connectivity index (χ1v) is 6.25. The summed E-state index contributed by atoms with van der Waals surface area (Å²) in [4.78, 5) is 13.1. The number of anilines is 1. The van der Waals surface area contributed by atoms with E-state index in [0.717, 1.165) is 22.3 Å². The molecule has 7 nitrogen and oxygen atoms in total. The second-order valence-electron chi connectivity index (χ2n) is 4.25. The molecule has 2 N–H and O–H groups in total. The molecule has 20 heavy (non-hydrogen) atoms. The summed E-state index contributed by atoms with van der Waals surface area (Å²) in [6.45, 7) is 0.520. The van der Waals surface area contributed by atoms with Gasteiger partial charge in [0.25, 0.3) is 0 Å². The second kappa shape index (κ2) is 5.22. The van der Waals surface area contributed by atoms with Gasteiger partial charge >= 0.3 is 0 Å². The highest BCUT2D eigenvalue weighted by molar-refractivity contribution is 5.88. The van der Waals surface area contributed by atoms with Crippen LogP contribution in [0.4, 0.5) is 5.82 Å². The van der Waals surface area contributed by atoms with Crippen LogP contribution >= 0.6 is 0 Å². The molecule has 3 aromatic heterocycles. The molecule has 0 fully saturated rings. The normalized spacial score (nSPS) is 10.9. The third-order valence-electron chi connectivity index (χ3n) is 2.95. The van der Waals surface area contributed by atoms with Crippen molar-refractivity contribution in [2.75, 3.05) is 19.0 Å². The van der Waals surface area contributed by atoms with E-state index >= 15 is 0 Å². The summed E-state index contributed by atoms with van der Waals surface area (Å²) in [5.74, 6) is 0.681. The zero-order chi connectivity index (χ0) is 13.9. The molecule has 0 aliphatic heterocycles. The molecule has 3 aromatic rings. The fourth-order valence-corrected chi connectivity index (χ4v) is 2.01. The van der Waals surface area contributed by atoms with Gasteiger partial charge in [-0.05, 0) is 6.07 Å². The van der Waals surface area contributed by atoms with E-state index in [9.17, 15) is 0 Å². The first-order valence-electron chi connectivity index (χ1n) is 6.25. The zero-order valence-corrected chi connectivity index (χ0v) is 11.0. The van der Waals surface area contributed by atoms with Crippen molar-refractivity contribution in [1.82, 2.24) is 24.7 Å². The lowest BCUT2D eigenvalue weighted by Crippen LogP contribution is -2.01. The number of fused-ring (bicyclic) bond motifs is 1. The quantitative estimate of drug-likeness (QED) is 0.733. The van der Waals surface area contributed by atoms with E-state index in [-0.39, 0.29) is 6.61 Å².